The predicted molar refractivity (Wildman–Crippen MR) is 110 cm³/mol. The van der Waals surface area contributed by atoms with E-state index < -0.39 is 0 Å². The Morgan fingerprint density at radius 2 is 1.56 bits per heavy atom. The number of rotatable bonds is 15. The quantitative estimate of drug-likeness (QED) is 0.225. The molecule has 0 aromatic heterocycles. The highest BCUT2D eigenvalue weighted by Crippen LogP contribution is 2.22. The highest BCUT2D eigenvalue weighted by Gasteiger charge is 2.40. The van der Waals surface area contributed by atoms with E-state index in [1.54, 1.807) is 0 Å². The van der Waals surface area contributed by atoms with Gasteiger partial charge in [-0.15, -0.1) is 0 Å². The number of hydrogen-bond acceptors (Lipinski definition) is 2. The van der Waals surface area contributed by atoms with Gasteiger partial charge in [-0.2, -0.15) is 0 Å². The SMILES string of the molecule is CCCCCCC/C=C/CCCCCCC1=NCC[N+]1(CC)C(C)O. The number of likely N-dealkylation sites (N-methyl/N-ethyl adjacent to an activating group) is 1. The number of unbranched alkanes of at least 4 members (excludes halogenated alkanes) is 9. The molecule has 3 nitrogen and oxygen atoms in total. The summed E-state index contributed by atoms with van der Waals surface area (Å²) in [6.07, 6.45) is 20.0. The Morgan fingerprint density at radius 3 is 2.12 bits per heavy atom. The molecule has 0 saturated heterocycles. The van der Waals surface area contributed by atoms with Gasteiger partial charge in [-0.05, 0) is 39.0 Å². The zero-order valence-electron chi connectivity index (χ0n) is 17.2. The average molecular weight is 352 g/mol. The van der Waals surface area contributed by atoms with Crippen molar-refractivity contribution in [2.24, 2.45) is 4.99 Å². The maximum atomic E-state index is 10.2. The minimum absolute atomic E-state index is 0.321. The van der Waals surface area contributed by atoms with Crippen molar-refractivity contribution in [3.8, 4) is 0 Å². The van der Waals surface area contributed by atoms with Gasteiger partial charge in [-0.3, -0.25) is 4.48 Å². The number of nitrogens with zero attached hydrogens (tertiary/aromatic N) is 2. The molecule has 25 heavy (non-hydrogen) atoms. The van der Waals surface area contributed by atoms with Crippen LogP contribution in [0.3, 0.4) is 0 Å². The molecule has 0 aliphatic carbocycles. The van der Waals surface area contributed by atoms with Crippen molar-refractivity contribution in [3.05, 3.63) is 12.2 Å². The van der Waals surface area contributed by atoms with Crippen molar-refractivity contribution < 1.29 is 9.59 Å². The van der Waals surface area contributed by atoms with Crippen LogP contribution in [0.2, 0.25) is 0 Å². The highest BCUT2D eigenvalue weighted by molar-refractivity contribution is 5.76. The van der Waals surface area contributed by atoms with E-state index in [0.29, 0.717) is 4.48 Å². The van der Waals surface area contributed by atoms with Crippen LogP contribution in [0.5, 0.6) is 0 Å². The van der Waals surface area contributed by atoms with Crippen LogP contribution in [-0.2, 0) is 0 Å². The van der Waals surface area contributed by atoms with Crippen LogP contribution in [0.1, 0.15) is 97.8 Å². The lowest BCUT2D eigenvalue weighted by atomic mass is 10.1. The van der Waals surface area contributed by atoms with E-state index in [2.05, 4.69) is 26.0 Å². The minimum atomic E-state index is -0.321. The molecule has 0 bridgehead atoms. The van der Waals surface area contributed by atoms with Gasteiger partial charge < -0.3 is 5.11 Å². The van der Waals surface area contributed by atoms with Crippen molar-refractivity contribution in [1.82, 2.24) is 0 Å². The van der Waals surface area contributed by atoms with Crippen molar-refractivity contribution in [3.63, 3.8) is 0 Å². The summed E-state index contributed by atoms with van der Waals surface area (Å²) in [5.41, 5.74) is 0. The van der Waals surface area contributed by atoms with Crippen LogP contribution in [0.15, 0.2) is 17.1 Å². The van der Waals surface area contributed by atoms with E-state index in [0.717, 1.165) is 26.1 Å². The standard InChI is InChI=1S/C22H43N2O/c1-4-6-7-8-9-10-11-12-13-14-15-16-17-18-22-23-19-20-24(22,5-2)21(3)25/h11-12,21,25H,4-10,13-20H2,1-3H3/q+1/b12-11+. The summed E-state index contributed by atoms with van der Waals surface area (Å²) in [6.45, 7) is 9.18. The maximum Gasteiger partial charge on any atom is 0.200 e. The number of aliphatic imine (C=N–C) groups is 1. The first-order valence-corrected chi connectivity index (χ1v) is 10.9. The largest absolute Gasteiger partial charge is 0.345 e. The van der Waals surface area contributed by atoms with Crippen molar-refractivity contribution in [1.29, 1.82) is 0 Å². The second-order valence-electron chi connectivity index (χ2n) is 7.63. The first-order valence-electron chi connectivity index (χ1n) is 10.9. The molecule has 0 spiro atoms. The van der Waals surface area contributed by atoms with E-state index in [-0.39, 0.29) is 6.23 Å². The molecular formula is C22H43N2O+. The fraction of sp³-hybridized carbons (Fsp3) is 0.864. The summed E-state index contributed by atoms with van der Waals surface area (Å²) in [5.74, 6) is 1.24. The Morgan fingerprint density at radius 1 is 0.960 bits per heavy atom. The molecule has 1 aliphatic heterocycles. The summed E-state index contributed by atoms with van der Waals surface area (Å²) in [7, 11) is 0. The van der Waals surface area contributed by atoms with Gasteiger partial charge in [0.2, 0.25) is 5.84 Å². The van der Waals surface area contributed by atoms with E-state index in [1.807, 2.05) is 6.92 Å². The number of amidine groups is 1. The molecule has 1 heterocycles. The van der Waals surface area contributed by atoms with Gasteiger partial charge in [0.25, 0.3) is 0 Å². The number of aliphatic hydroxyl groups is 1. The number of quaternary nitrogens is 1. The molecule has 0 aromatic carbocycles. The molecule has 0 fully saturated rings. The first kappa shape index (κ1) is 22.4. The summed E-state index contributed by atoms with van der Waals surface area (Å²) in [5, 5.41) is 10.2. The Balaban J connectivity index is 2.02. The zero-order chi connectivity index (χ0) is 18.4. The highest BCUT2D eigenvalue weighted by atomic mass is 16.3. The number of aliphatic hydroxyl groups excluding tert-OH is 1. The molecule has 2 atom stereocenters. The molecular weight excluding hydrogens is 308 g/mol. The third-order valence-electron chi connectivity index (χ3n) is 5.75. The molecule has 146 valence electrons. The Bertz CT molecular complexity index is 389. The second kappa shape index (κ2) is 13.5. The van der Waals surface area contributed by atoms with Crippen molar-refractivity contribution in [2.75, 3.05) is 19.6 Å². The van der Waals surface area contributed by atoms with Crippen molar-refractivity contribution >= 4 is 5.84 Å². The smallest absolute Gasteiger partial charge is 0.200 e. The van der Waals surface area contributed by atoms with Gasteiger partial charge in [0, 0.05) is 13.3 Å². The second-order valence-corrected chi connectivity index (χ2v) is 7.63. The molecule has 1 rings (SSSR count). The van der Waals surface area contributed by atoms with Gasteiger partial charge in [0.15, 0.2) is 6.23 Å². The fourth-order valence-electron chi connectivity index (χ4n) is 3.94. The molecule has 1 aliphatic rings. The fourth-order valence-corrected chi connectivity index (χ4v) is 3.94. The molecule has 3 heteroatoms. The molecule has 0 aromatic rings. The summed E-state index contributed by atoms with van der Waals surface area (Å²) in [6, 6.07) is 0. The zero-order valence-corrected chi connectivity index (χ0v) is 17.2. The van der Waals surface area contributed by atoms with Gasteiger partial charge in [0.05, 0.1) is 13.1 Å². The van der Waals surface area contributed by atoms with E-state index in [9.17, 15) is 5.11 Å². The maximum absolute atomic E-state index is 10.2. The molecule has 0 amide bonds. The van der Waals surface area contributed by atoms with Crippen molar-refractivity contribution in [2.45, 2.75) is 104 Å². The summed E-state index contributed by atoms with van der Waals surface area (Å²) >= 11 is 0. The summed E-state index contributed by atoms with van der Waals surface area (Å²) in [4.78, 5) is 4.69. The van der Waals surface area contributed by atoms with Crippen LogP contribution in [0.25, 0.3) is 0 Å². The van der Waals surface area contributed by atoms with E-state index >= 15 is 0 Å². The van der Waals surface area contributed by atoms with Gasteiger partial charge in [-0.25, -0.2) is 4.99 Å². The number of allylic oxidation sites excluding steroid dienone is 2. The van der Waals surface area contributed by atoms with Crippen LogP contribution in [-0.4, -0.2) is 41.3 Å². The lowest BCUT2D eigenvalue weighted by Crippen LogP contribution is -2.56. The Kier molecular flexibility index (Phi) is 12.1. The lowest BCUT2D eigenvalue weighted by molar-refractivity contribution is -0.882. The van der Waals surface area contributed by atoms with E-state index in [4.69, 9.17) is 4.99 Å². The van der Waals surface area contributed by atoms with Gasteiger partial charge in [-0.1, -0.05) is 57.6 Å². The predicted octanol–water partition coefficient (Wildman–Crippen LogP) is 5.83. The van der Waals surface area contributed by atoms with Crippen LogP contribution in [0, 0.1) is 0 Å². The molecule has 2 unspecified atom stereocenters. The van der Waals surface area contributed by atoms with E-state index in [1.165, 1.54) is 76.5 Å². The molecule has 1 N–H and O–H groups in total. The Hall–Kier alpha value is -0.670. The van der Waals surface area contributed by atoms with Crippen LogP contribution in [0.4, 0.5) is 0 Å². The average Bonchev–Trinajstić information content (AvgIpc) is 3.03. The third-order valence-corrected chi connectivity index (χ3v) is 5.75. The topological polar surface area (TPSA) is 32.6 Å². The van der Waals surface area contributed by atoms with Gasteiger partial charge >= 0.3 is 0 Å². The monoisotopic (exact) mass is 351 g/mol. The lowest BCUT2D eigenvalue weighted by Gasteiger charge is -2.36. The normalized spacial score (nSPS) is 21.8. The molecule has 0 radical (unpaired) electrons. The first-order chi connectivity index (χ1) is 12.2. The van der Waals surface area contributed by atoms with Gasteiger partial charge in [0.1, 0.15) is 6.54 Å². The van der Waals surface area contributed by atoms with Crippen LogP contribution < -0.4 is 0 Å². The number of hydrogen-bond donors (Lipinski definition) is 1. The summed E-state index contributed by atoms with van der Waals surface area (Å²) < 4.78 is 0.709. The molecule has 0 saturated carbocycles. The minimum Gasteiger partial charge on any atom is -0.345 e. The Labute approximate surface area is 156 Å². The van der Waals surface area contributed by atoms with Crippen LogP contribution >= 0.6 is 0 Å². The third kappa shape index (κ3) is 8.04.